The third-order valence-electron chi connectivity index (χ3n) is 4.81. The van der Waals surface area contributed by atoms with E-state index in [1.807, 2.05) is 26.0 Å². The van der Waals surface area contributed by atoms with Gasteiger partial charge in [-0.2, -0.15) is 5.26 Å². The number of nitrogens with one attached hydrogen (secondary N) is 1. The van der Waals surface area contributed by atoms with Crippen LogP contribution in [0.4, 0.5) is 5.69 Å². The predicted molar refractivity (Wildman–Crippen MR) is 88.4 cm³/mol. The highest BCUT2D eigenvalue weighted by molar-refractivity contribution is 5.82. The zero-order valence-electron chi connectivity index (χ0n) is 13.3. The zero-order valence-corrected chi connectivity index (χ0v) is 13.3. The molecule has 0 bridgehead atoms. The van der Waals surface area contributed by atoms with Gasteiger partial charge >= 0.3 is 5.97 Å². The number of nitrogens with zero attached hydrogens (tertiary/aromatic N) is 1. The van der Waals surface area contributed by atoms with Crippen molar-refractivity contribution in [3.05, 3.63) is 58.1 Å². The van der Waals surface area contributed by atoms with Crippen LogP contribution in [0.2, 0.25) is 0 Å². The summed E-state index contributed by atoms with van der Waals surface area (Å²) in [5.41, 5.74) is 5.49. The summed E-state index contributed by atoms with van der Waals surface area (Å²) in [4.78, 5) is 11.8. The van der Waals surface area contributed by atoms with E-state index in [1.54, 1.807) is 12.1 Å². The Bertz CT molecular complexity index is 914. The van der Waals surface area contributed by atoms with Gasteiger partial charge in [0.15, 0.2) is 6.04 Å². The normalized spacial score (nSPS) is 23.1. The standard InChI is InChI=1S/C19H16N2O3/c1-9-5-10(2)15-13(6-9)21-17(19(22)23)18-16(15)12-7-11(8-20)3-4-14(12)24-18/h3-7,16-18,21H,1-2H3,(H,22,23). The first-order valence-corrected chi connectivity index (χ1v) is 7.81. The quantitative estimate of drug-likeness (QED) is 0.844. The van der Waals surface area contributed by atoms with Crippen LogP contribution in [0.3, 0.4) is 0 Å². The average molecular weight is 320 g/mol. The van der Waals surface area contributed by atoms with E-state index < -0.39 is 18.1 Å². The summed E-state index contributed by atoms with van der Waals surface area (Å²) in [5, 5.41) is 22.0. The molecule has 2 heterocycles. The summed E-state index contributed by atoms with van der Waals surface area (Å²) in [6, 6.07) is 10.6. The Morgan fingerprint density at radius 3 is 2.79 bits per heavy atom. The van der Waals surface area contributed by atoms with Gasteiger partial charge in [0.25, 0.3) is 0 Å². The third kappa shape index (κ3) is 1.96. The van der Waals surface area contributed by atoms with Crippen LogP contribution in [0.5, 0.6) is 5.75 Å². The van der Waals surface area contributed by atoms with Crippen molar-refractivity contribution < 1.29 is 14.6 Å². The second-order valence-corrected chi connectivity index (χ2v) is 6.43. The van der Waals surface area contributed by atoms with E-state index in [1.165, 1.54) is 0 Å². The van der Waals surface area contributed by atoms with Crippen LogP contribution >= 0.6 is 0 Å². The Kier molecular flexibility index (Phi) is 3.04. The molecule has 24 heavy (non-hydrogen) atoms. The van der Waals surface area contributed by atoms with Crippen molar-refractivity contribution in [2.24, 2.45) is 0 Å². The number of anilines is 1. The van der Waals surface area contributed by atoms with Crippen LogP contribution in [0.15, 0.2) is 30.3 Å². The smallest absolute Gasteiger partial charge is 0.330 e. The second-order valence-electron chi connectivity index (χ2n) is 6.43. The lowest BCUT2D eigenvalue weighted by Crippen LogP contribution is -2.48. The van der Waals surface area contributed by atoms with E-state index in [9.17, 15) is 15.2 Å². The van der Waals surface area contributed by atoms with Gasteiger partial charge in [-0.15, -0.1) is 0 Å². The number of hydrogen-bond donors (Lipinski definition) is 2. The van der Waals surface area contributed by atoms with Crippen molar-refractivity contribution in [1.82, 2.24) is 0 Å². The van der Waals surface area contributed by atoms with Crippen LogP contribution in [0.1, 0.15) is 33.7 Å². The molecule has 0 spiro atoms. The van der Waals surface area contributed by atoms with Crippen molar-refractivity contribution in [3.63, 3.8) is 0 Å². The number of aryl methyl sites for hydroxylation is 2. The first kappa shape index (κ1) is 14.6. The van der Waals surface area contributed by atoms with Crippen LogP contribution in [0.25, 0.3) is 0 Å². The molecule has 5 heteroatoms. The summed E-state index contributed by atoms with van der Waals surface area (Å²) in [7, 11) is 0. The van der Waals surface area contributed by atoms with Crippen LogP contribution in [-0.2, 0) is 4.79 Å². The highest BCUT2D eigenvalue weighted by atomic mass is 16.5. The number of carboxylic acids is 1. The number of rotatable bonds is 1. The summed E-state index contributed by atoms with van der Waals surface area (Å²) in [6.07, 6.45) is -0.527. The Labute approximate surface area is 139 Å². The van der Waals surface area contributed by atoms with Gasteiger partial charge < -0.3 is 15.2 Å². The molecule has 2 aliphatic rings. The van der Waals surface area contributed by atoms with E-state index in [0.29, 0.717) is 11.3 Å². The topological polar surface area (TPSA) is 82.3 Å². The Hall–Kier alpha value is -3.00. The molecule has 2 N–H and O–H groups in total. The number of ether oxygens (including phenoxy) is 1. The maximum Gasteiger partial charge on any atom is 0.330 e. The maximum absolute atomic E-state index is 11.8. The van der Waals surface area contributed by atoms with Crippen LogP contribution < -0.4 is 10.1 Å². The minimum absolute atomic E-state index is 0.189. The van der Waals surface area contributed by atoms with Gasteiger partial charge in [-0.05, 0) is 54.8 Å². The van der Waals surface area contributed by atoms with Gasteiger partial charge in [-0.1, -0.05) is 6.07 Å². The number of carboxylic acid groups (broad SMARTS) is 1. The highest BCUT2D eigenvalue weighted by Crippen LogP contribution is 2.50. The minimum Gasteiger partial charge on any atom is -0.486 e. The van der Waals surface area contributed by atoms with Gasteiger partial charge in [0.05, 0.1) is 17.6 Å². The number of hydrogen-bond acceptors (Lipinski definition) is 4. The van der Waals surface area contributed by atoms with Gasteiger partial charge in [0.2, 0.25) is 0 Å². The molecule has 0 fully saturated rings. The first-order valence-electron chi connectivity index (χ1n) is 7.81. The maximum atomic E-state index is 11.8. The van der Waals surface area contributed by atoms with Crippen molar-refractivity contribution in [1.29, 1.82) is 5.26 Å². The van der Waals surface area contributed by atoms with Gasteiger partial charge in [-0.25, -0.2) is 4.79 Å². The first-order chi connectivity index (χ1) is 11.5. The van der Waals surface area contributed by atoms with Crippen molar-refractivity contribution in [2.75, 3.05) is 5.32 Å². The SMILES string of the molecule is Cc1cc(C)c2c(c1)NC(C(=O)O)C1Oc3ccc(C#N)cc3C21. The summed E-state index contributed by atoms with van der Waals surface area (Å²) in [5.74, 6) is -0.473. The molecule has 3 unspecified atom stereocenters. The molecule has 4 rings (SSSR count). The summed E-state index contributed by atoms with van der Waals surface area (Å²) >= 11 is 0. The molecule has 0 aromatic heterocycles. The lowest BCUT2D eigenvalue weighted by atomic mass is 9.78. The Balaban J connectivity index is 1.97. The molecule has 2 aliphatic heterocycles. The zero-order chi connectivity index (χ0) is 17.0. The van der Waals surface area contributed by atoms with E-state index in [0.717, 1.165) is 27.9 Å². The van der Waals surface area contributed by atoms with Gasteiger partial charge in [-0.3, -0.25) is 0 Å². The van der Waals surface area contributed by atoms with Crippen LogP contribution in [-0.4, -0.2) is 23.2 Å². The fourth-order valence-electron chi connectivity index (χ4n) is 3.90. The molecule has 120 valence electrons. The third-order valence-corrected chi connectivity index (χ3v) is 4.81. The predicted octanol–water partition coefficient (Wildman–Crippen LogP) is 2.95. The fraction of sp³-hybridized carbons (Fsp3) is 0.263. The molecule has 0 saturated carbocycles. The number of carbonyl (C=O) groups is 1. The molecule has 3 atom stereocenters. The fourth-order valence-corrected chi connectivity index (χ4v) is 3.90. The van der Waals surface area contributed by atoms with E-state index in [2.05, 4.69) is 17.5 Å². The highest BCUT2D eigenvalue weighted by Gasteiger charge is 2.48. The molecule has 2 aromatic rings. The second kappa shape index (κ2) is 5.00. The molecule has 5 nitrogen and oxygen atoms in total. The summed E-state index contributed by atoms with van der Waals surface area (Å²) in [6.45, 7) is 4.02. The van der Waals surface area contributed by atoms with Gasteiger partial charge in [0.1, 0.15) is 11.9 Å². The number of fused-ring (bicyclic) bond motifs is 5. The Morgan fingerprint density at radius 2 is 2.08 bits per heavy atom. The van der Waals surface area contributed by atoms with Crippen LogP contribution in [0, 0.1) is 25.2 Å². The molecule has 0 saturated heterocycles. The minimum atomic E-state index is -0.942. The van der Waals surface area contributed by atoms with Crippen molar-refractivity contribution in [3.8, 4) is 11.8 Å². The molecular formula is C19H16N2O3. The molecule has 2 aromatic carbocycles. The van der Waals surface area contributed by atoms with Crippen molar-refractivity contribution in [2.45, 2.75) is 31.9 Å². The monoisotopic (exact) mass is 320 g/mol. The lowest BCUT2D eigenvalue weighted by molar-refractivity contribution is -0.140. The van der Waals surface area contributed by atoms with E-state index >= 15 is 0 Å². The molecule has 0 radical (unpaired) electrons. The molecule has 0 amide bonds. The number of aliphatic carboxylic acids is 1. The largest absolute Gasteiger partial charge is 0.486 e. The van der Waals surface area contributed by atoms with E-state index in [4.69, 9.17) is 4.74 Å². The Morgan fingerprint density at radius 1 is 1.29 bits per heavy atom. The number of nitriles is 1. The van der Waals surface area contributed by atoms with Gasteiger partial charge in [0, 0.05) is 11.3 Å². The number of benzene rings is 2. The molecular weight excluding hydrogens is 304 g/mol. The molecule has 0 aliphatic carbocycles. The lowest BCUT2D eigenvalue weighted by Gasteiger charge is -2.35. The summed E-state index contributed by atoms with van der Waals surface area (Å²) < 4.78 is 5.97. The average Bonchev–Trinajstić information content (AvgIpc) is 2.91. The van der Waals surface area contributed by atoms with Crippen molar-refractivity contribution >= 4 is 11.7 Å². The van der Waals surface area contributed by atoms with E-state index in [-0.39, 0.29) is 5.92 Å².